The average Bonchev–Trinajstić information content (AvgIpc) is 2.26. The summed E-state index contributed by atoms with van der Waals surface area (Å²) in [6.45, 7) is 2.25. The van der Waals surface area contributed by atoms with Gasteiger partial charge in [0, 0.05) is 25.1 Å². The topological polar surface area (TPSA) is 21.3 Å². The third-order valence-electron chi connectivity index (χ3n) is 3.25. The van der Waals surface area contributed by atoms with Gasteiger partial charge in [0.05, 0.1) is 6.10 Å². The molecule has 0 heterocycles. The monoisotopic (exact) mass is 233 g/mol. The highest BCUT2D eigenvalue weighted by atomic mass is 35.5. The molecule has 1 aliphatic carbocycles. The standard InChI is InChI=1S/C12H24ClNO/c1-10(5-4-8-13)14-11-6-3-7-12(9-11)15-2/h10-12,14H,3-9H2,1-2H3. The molecular formula is C12H24ClNO. The smallest absolute Gasteiger partial charge is 0.0586 e. The highest BCUT2D eigenvalue weighted by molar-refractivity contribution is 6.17. The first-order chi connectivity index (χ1) is 7.26. The van der Waals surface area contributed by atoms with Crippen LogP contribution >= 0.6 is 11.6 Å². The molecule has 0 spiro atoms. The highest BCUT2D eigenvalue weighted by Crippen LogP contribution is 2.21. The lowest BCUT2D eigenvalue weighted by Crippen LogP contribution is -2.41. The van der Waals surface area contributed by atoms with E-state index in [-0.39, 0.29) is 0 Å². The van der Waals surface area contributed by atoms with Gasteiger partial charge in [-0.2, -0.15) is 0 Å². The van der Waals surface area contributed by atoms with Crippen LogP contribution in [0.15, 0.2) is 0 Å². The van der Waals surface area contributed by atoms with Crippen LogP contribution in [0.1, 0.15) is 45.4 Å². The summed E-state index contributed by atoms with van der Waals surface area (Å²) in [5.74, 6) is 0.775. The molecule has 15 heavy (non-hydrogen) atoms. The minimum absolute atomic E-state index is 0.469. The van der Waals surface area contributed by atoms with Crippen LogP contribution in [0, 0.1) is 0 Å². The third kappa shape index (κ3) is 5.19. The molecule has 0 aromatic heterocycles. The summed E-state index contributed by atoms with van der Waals surface area (Å²) < 4.78 is 5.42. The Labute approximate surface area is 98.7 Å². The zero-order valence-corrected chi connectivity index (χ0v) is 10.7. The Balaban J connectivity index is 2.19. The Morgan fingerprint density at radius 2 is 2.27 bits per heavy atom. The van der Waals surface area contributed by atoms with Crippen LogP contribution < -0.4 is 5.32 Å². The Hall–Kier alpha value is 0.210. The molecule has 0 amide bonds. The molecule has 0 radical (unpaired) electrons. The van der Waals surface area contributed by atoms with Gasteiger partial charge in [-0.15, -0.1) is 11.6 Å². The summed E-state index contributed by atoms with van der Waals surface area (Å²) in [5.41, 5.74) is 0. The SMILES string of the molecule is COC1CCCC(NC(C)CCCCl)C1. The molecule has 3 atom stereocenters. The van der Waals surface area contributed by atoms with Crippen LogP contribution in [0.5, 0.6) is 0 Å². The summed E-state index contributed by atoms with van der Waals surface area (Å²) in [6.07, 6.45) is 7.74. The first-order valence-corrected chi connectivity index (χ1v) is 6.64. The molecule has 1 rings (SSSR count). The zero-order chi connectivity index (χ0) is 11.1. The summed E-state index contributed by atoms with van der Waals surface area (Å²) in [4.78, 5) is 0. The molecule has 0 saturated heterocycles. The van der Waals surface area contributed by atoms with Gasteiger partial charge in [-0.05, 0) is 45.4 Å². The Kier molecular flexibility index (Phi) is 6.62. The van der Waals surface area contributed by atoms with Gasteiger partial charge < -0.3 is 10.1 Å². The van der Waals surface area contributed by atoms with Crippen molar-refractivity contribution in [1.29, 1.82) is 0 Å². The van der Waals surface area contributed by atoms with Crippen LogP contribution in [-0.2, 0) is 4.74 Å². The van der Waals surface area contributed by atoms with Crippen molar-refractivity contribution in [1.82, 2.24) is 5.32 Å². The Morgan fingerprint density at radius 1 is 1.47 bits per heavy atom. The van der Waals surface area contributed by atoms with E-state index >= 15 is 0 Å². The van der Waals surface area contributed by atoms with Gasteiger partial charge in [0.25, 0.3) is 0 Å². The predicted octanol–water partition coefficient (Wildman–Crippen LogP) is 2.94. The van der Waals surface area contributed by atoms with E-state index in [9.17, 15) is 0 Å². The largest absolute Gasteiger partial charge is 0.381 e. The van der Waals surface area contributed by atoms with E-state index in [4.69, 9.17) is 16.3 Å². The van der Waals surface area contributed by atoms with Crippen LogP contribution in [-0.4, -0.2) is 31.2 Å². The van der Waals surface area contributed by atoms with Crippen LogP contribution in [0.4, 0.5) is 0 Å². The van der Waals surface area contributed by atoms with Gasteiger partial charge in [-0.25, -0.2) is 0 Å². The fourth-order valence-electron chi connectivity index (χ4n) is 2.38. The summed E-state index contributed by atoms with van der Waals surface area (Å²) in [6, 6.07) is 1.23. The number of methoxy groups -OCH3 is 1. The maximum absolute atomic E-state index is 5.69. The summed E-state index contributed by atoms with van der Waals surface area (Å²) >= 11 is 5.69. The molecule has 0 aromatic rings. The van der Waals surface area contributed by atoms with Crippen molar-refractivity contribution in [3.8, 4) is 0 Å². The molecule has 1 aliphatic rings. The molecule has 1 saturated carbocycles. The molecule has 2 nitrogen and oxygen atoms in total. The molecule has 0 bridgehead atoms. The molecule has 1 fully saturated rings. The second-order valence-electron chi connectivity index (χ2n) is 4.62. The van der Waals surface area contributed by atoms with Crippen molar-refractivity contribution in [2.75, 3.05) is 13.0 Å². The van der Waals surface area contributed by atoms with E-state index < -0.39 is 0 Å². The lowest BCUT2D eigenvalue weighted by molar-refractivity contribution is 0.0571. The summed E-state index contributed by atoms with van der Waals surface area (Å²) in [5, 5.41) is 3.68. The number of nitrogens with one attached hydrogen (secondary N) is 1. The average molecular weight is 234 g/mol. The minimum atomic E-state index is 0.469. The lowest BCUT2D eigenvalue weighted by atomic mass is 9.92. The fourth-order valence-corrected chi connectivity index (χ4v) is 2.53. The second kappa shape index (κ2) is 7.48. The van der Waals surface area contributed by atoms with Crippen molar-refractivity contribution in [3.63, 3.8) is 0 Å². The van der Waals surface area contributed by atoms with Crippen molar-refractivity contribution in [3.05, 3.63) is 0 Å². The van der Waals surface area contributed by atoms with Crippen molar-refractivity contribution in [2.24, 2.45) is 0 Å². The van der Waals surface area contributed by atoms with Crippen LogP contribution in [0.3, 0.4) is 0 Å². The Bertz CT molecular complexity index is 166. The first kappa shape index (κ1) is 13.3. The molecule has 1 N–H and O–H groups in total. The molecule has 3 heteroatoms. The molecule has 0 aliphatic heterocycles. The number of halogens is 1. The van der Waals surface area contributed by atoms with E-state index in [0.29, 0.717) is 18.2 Å². The molecule has 90 valence electrons. The van der Waals surface area contributed by atoms with Gasteiger partial charge in [-0.1, -0.05) is 0 Å². The van der Waals surface area contributed by atoms with E-state index in [1.807, 2.05) is 7.11 Å². The highest BCUT2D eigenvalue weighted by Gasteiger charge is 2.22. The number of hydrogen-bond acceptors (Lipinski definition) is 2. The maximum Gasteiger partial charge on any atom is 0.0586 e. The van der Waals surface area contributed by atoms with Gasteiger partial charge in [0.2, 0.25) is 0 Å². The normalized spacial score (nSPS) is 29.0. The van der Waals surface area contributed by atoms with E-state index in [2.05, 4.69) is 12.2 Å². The predicted molar refractivity (Wildman–Crippen MR) is 65.6 cm³/mol. The number of hydrogen-bond donors (Lipinski definition) is 1. The van der Waals surface area contributed by atoms with Crippen LogP contribution in [0.25, 0.3) is 0 Å². The van der Waals surface area contributed by atoms with Gasteiger partial charge >= 0.3 is 0 Å². The minimum Gasteiger partial charge on any atom is -0.381 e. The molecule has 0 aromatic carbocycles. The van der Waals surface area contributed by atoms with Crippen molar-refractivity contribution >= 4 is 11.6 Å². The van der Waals surface area contributed by atoms with E-state index in [1.165, 1.54) is 32.1 Å². The quantitative estimate of drug-likeness (QED) is 0.713. The van der Waals surface area contributed by atoms with Gasteiger partial charge in [0.1, 0.15) is 0 Å². The lowest BCUT2D eigenvalue weighted by Gasteiger charge is -2.31. The van der Waals surface area contributed by atoms with Crippen LogP contribution in [0.2, 0.25) is 0 Å². The first-order valence-electron chi connectivity index (χ1n) is 6.11. The number of alkyl halides is 1. The summed E-state index contributed by atoms with van der Waals surface area (Å²) in [7, 11) is 1.82. The van der Waals surface area contributed by atoms with Crippen molar-refractivity contribution < 1.29 is 4.74 Å². The van der Waals surface area contributed by atoms with Gasteiger partial charge in [0.15, 0.2) is 0 Å². The van der Waals surface area contributed by atoms with Crippen molar-refractivity contribution in [2.45, 2.75) is 63.6 Å². The zero-order valence-electron chi connectivity index (χ0n) is 9.97. The van der Waals surface area contributed by atoms with Gasteiger partial charge in [-0.3, -0.25) is 0 Å². The number of ether oxygens (including phenoxy) is 1. The molecular weight excluding hydrogens is 210 g/mol. The maximum atomic E-state index is 5.69. The second-order valence-corrected chi connectivity index (χ2v) is 5.00. The third-order valence-corrected chi connectivity index (χ3v) is 3.52. The van der Waals surface area contributed by atoms with E-state index in [0.717, 1.165) is 12.3 Å². The van der Waals surface area contributed by atoms with E-state index in [1.54, 1.807) is 0 Å². The Morgan fingerprint density at radius 3 is 2.93 bits per heavy atom. The molecule has 3 unspecified atom stereocenters. The number of rotatable bonds is 6. The fraction of sp³-hybridized carbons (Fsp3) is 1.00.